The average molecular weight is 863 g/mol. The van der Waals surface area contributed by atoms with Gasteiger partial charge in [-0.2, -0.15) is 0 Å². The molecule has 5 aliphatic carbocycles. The van der Waals surface area contributed by atoms with Crippen LogP contribution < -0.4 is 0 Å². The zero-order valence-corrected chi connectivity index (χ0v) is 38.4. The second-order valence-electron chi connectivity index (χ2n) is 18.5. The number of fused-ring (bicyclic) bond motifs is 6. The molecule has 6 unspecified atom stereocenters. The summed E-state index contributed by atoms with van der Waals surface area (Å²) in [5.74, 6) is 2.06. The molecule has 11 rings (SSSR count). The van der Waals surface area contributed by atoms with Gasteiger partial charge in [-0.3, -0.25) is 4.57 Å². The second-order valence-corrected chi connectivity index (χ2v) is 18.9. The van der Waals surface area contributed by atoms with Crippen molar-refractivity contribution >= 4 is 31.8 Å². The van der Waals surface area contributed by atoms with Gasteiger partial charge in [-0.15, -0.1) is 9.24 Å². The minimum Gasteiger partial charge on any atom is -0.355 e. The highest BCUT2D eigenvalue weighted by atomic mass is 31.0. The smallest absolute Gasteiger partial charge is 0.235 e. The van der Waals surface area contributed by atoms with Crippen LogP contribution in [0, 0.1) is 24.0 Å². The first-order chi connectivity index (χ1) is 32.0. The summed E-state index contributed by atoms with van der Waals surface area (Å²) in [5, 5.41) is 1.26. The standard InChI is InChI=1S/C60H55N4P/c1-3-4-26-49(40-65)64-58-30-13-7-12-28-51(58)53-33-31-48(39-60(53,64)2)45-32-34-57-52(37-45)50-27-14-15-29-56(50)63(57)59-61-54(46-24-16-22-43(35-46)41-18-8-5-9-19-41)38-55(62-59)47-25-17-23-44(36-47)42-20-10-6-11-21-42/h3-5,7-10,12-21,24-34,36,38-39,43-46,53,58H,22-23,35,37,40,65H2,1-2H3/b4-3-,49-26+/t43-,44?,45-,46?,53?,58?,60?/m1/s1. The van der Waals surface area contributed by atoms with Crippen LogP contribution in [-0.2, 0) is 6.42 Å². The molecule has 6 aliphatic rings. The number of hydrogen-bond acceptors (Lipinski definition) is 3. The van der Waals surface area contributed by atoms with Crippen molar-refractivity contribution in [1.82, 2.24) is 19.4 Å². The van der Waals surface area contributed by atoms with E-state index < -0.39 is 0 Å². The molecule has 3 aromatic carbocycles. The molecule has 0 amide bonds. The first kappa shape index (κ1) is 41.2. The molecule has 3 heterocycles. The van der Waals surface area contributed by atoms with Gasteiger partial charge in [0.05, 0.1) is 34.2 Å². The molecule has 0 bridgehead atoms. The summed E-state index contributed by atoms with van der Waals surface area (Å²) in [6.45, 7) is 4.54. The summed E-state index contributed by atoms with van der Waals surface area (Å²) in [6.07, 6.45) is 46.7. The summed E-state index contributed by atoms with van der Waals surface area (Å²) in [7, 11) is 3.00. The van der Waals surface area contributed by atoms with Crippen LogP contribution in [0.3, 0.4) is 0 Å². The molecule has 4 nitrogen and oxygen atoms in total. The molecule has 1 saturated heterocycles. The molecular weight excluding hydrogens is 808 g/mol. The van der Waals surface area contributed by atoms with Gasteiger partial charge in [0.15, 0.2) is 0 Å². The SMILES string of the molecule is C/C=C\C=C(/CP)N1C2C=CC=CC=C2C2C=CC([C@@H]3C=Cc4c(c5ccccc5n4-c4nc(C5=CC(c6cc#ccc6)CC=C5)cc(C5C=CC[C@@H](c6ccccc6)C5)n4)C3)=CC21C. The van der Waals surface area contributed by atoms with Crippen LogP contribution in [0.4, 0.5) is 0 Å². The largest absolute Gasteiger partial charge is 0.355 e. The number of benzene rings is 2. The van der Waals surface area contributed by atoms with Gasteiger partial charge < -0.3 is 4.90 Å². The fourth-order valence-electron chi connectivity index (χ4n) is 11.5. The highest BCUT2D eigenvalue weighted by molar-refractivity contribution is 7.16. The van der Waals surface area contributed by atoms with Crippen LogP contribution >= 0.6 is 9.24 Å². The van der Waals surface area contributed by atoms with Crippen LogP contribution in [0.15, 0.2) is 199 Å². The van der Waals surface area contributed by atoms with Crippen LogP contribution in [0.1, 0.15) is 84.6 Å². The zero-order chi connectivity index (χ0) is 43.9. The number of para-hydroxylation sites is 1. The van der Waals surface area contributed by atoms with E-state index in [-0.39, 0.29) is 35.3 Å². The monoisotopic (exact) mass is 862 g/mol. The molecule has 1 aliphatic heterocycles. The molecule has 0 N–H and O–H groups in total. The van der Waals surface area contributed by atoms with E-state index in [0.29, 0.717) is 5.92 Å². The first-order valence-corrected chi connectivity index (χ1v) is 24.3. The zero-order valence-electron chi connectivity index (χ0n) is 37.3. The lowest BCUT2D eigenvalue weighted by atomic mass is 9.74. The van der Waals surface area contributed by atoms with E-state index in [0.717, 1.165) is 60.3 Å². The predicted octanol–water partition coefficient (Wildman–Crippen LogP) is 13.5. The third kappa shape index (κ3) is 7.51. The molecule has 65 heavy (non-hydrogen) atoms. The van der Waals surface area contributed by atoms with E-state index >= 15 is 0 Å². The van der Waals surface area contributed by atoms with E-state index in [2.05, 4.69) is 227 Å². The number of allylic oxidation sites excluding steroid dienone is 17. The highest BCUT2D eigenvalue weighted by Crippen LogP contribution is 2.52. The van der Waals surface area contributed by atoms with Crippen molar-refractivity contribution in [2.45, 2.75) is 68.9 Å². The fourth-order valence-corrected chi connectivity index (χ4v) is 11.8. The highest BCUT2D eigenvalue weighted by Gasteiger charge is 2.52. The Balaban J connectivity index is 1.00. The molecule has 320 valence electrons. The molecule has 5 heteroatoms. The van der Waals surface area contributed by atoms with Crippen molar-refractivity contribution in [1.29, 1.82) is 0 Å². The maximum absolute atomic E-state index is 5.56. The van der Waals surface area contributed by atoms with Gasteiger partial charge in [-0.25, -0.2) is 9.97 Å². The summed E-state index contributed by atoms with van der Waals surface area (Å²) in [5.41, 5.74) is 13.4. The second kappa shape index (κ2) is 17.5. The Morgan fingerprint density at radius 2 is 1.75 bits per heavy atom. The molecule has 8 atom stereocenters. The van der Waals surface area contributed by atoms with Gasteiger partial charge in [-0.1, -0.05) is 158 Å². The van der Waals surface area contributed by atoms with Gasteiger partial charge in [0.1, 0.15) is 0 Å². The van der Waals surface area contributed by atoms with Gasteiger partial charge in [0, 0.05) is 40.9 Å². The summed E-state index contributed by atoms with van der Waals surface area (Å²) in [4.78, 5) is 13.7. The Morgan fingerprint density at radius 1 is 0.862 bits per heavy atom. The number of rotatable bonds is 9. The third-order valence-electron chi connectivity index (χ3n) is 14.6. The molecular formula is C60H55N4P. The van der Waals surface area contributed by atoms with Crippen LogP contribution in [0.5, 0.6) is 0 Å². The maximum Gasteiger partial charge on any atom is 0.235 e. The third-order valence-corrected chi connectivity index (χ3v) is 15.0. The number of aromatic nitrogens is 3. The van der Waals surface area contributed by atoms with Crippen molar-refractivity contribution in [2.75, 3.05) is 6.16 Å². The average Bonchev–Trinajstić information content (AvgIpc) is 3.69. The Bertz CT molecular complexity index is 2980. The van der Waals surface area contributed by atoms with Crippen molar-refractivity contribution in [3.8, 4) is 5.95 Å². The molecule has 5 aromatic rings. The lowest BCUT2D eigenvalue weighted by Crippen LogP contribution is -2.46. The van der Waals surface area contributed by atoms with E-state index in [1.165, 1.54) is 44.6 Å². The first-order valence-electron chi connectivity index (χ1n) is 23.5. The molecule has 0 spiro atoms. The van der Waals surface area contributed by atoms with Gasteiger partial charge in [0.2, 0.25) is 5.95 Å². The number of nitrogens with zero attached hydrogens (tertiary/aromatic N) is 4. The quantitative estimate of drug-likeness (QED) is 0.0841. The van der Waals surface area contributed by atoms with Crippen molar-refractivity contribution < 1.29 is 0 Å². The topological polar surface area (TPSA) is 34.0 Å². The Kier molecular flexibility index (Phi) is 11.1. The van der Waals surface area contributed by atoms with Gasteiger partial charge >= 0.3 is 0 Å². The minimum atomic E-state index is -0.224. The van der Waals surface area contributed by atoms with Crippen molar-refractivity contribution in [2.24, 2.45) is 11.8 Å². The lowest BCUT2D eigenvalue weighted by Gasteiger charge is -2.43. The molecule has 1 fully saturated rings. The van der Waals surface area contributed by atoms with E-state index in [4.69, 9.17) is 9.97 Å². The minimum absolute atomic E-state index is 0.163. The predicted molar refractivity (Wildman–Crippen MR) is 273 cm³/mol. The van der Waals surface area contributed by atoms with Gasteiger partial charge in [0.25, 0.3) is 0 Å². The Hall–Kier alpha value is -6.53. The summed E-state index contributed by atoms with van der Waals surface area (Å²) < 4.78 is 2.34. The van der Waals surface area contributed by atoms with Crippen molar-refractivity contribution in [3.05, 3.63) is 245 Å². The lowest BCUT2D eigenvalue weighted by molar-refractivity contribution is 0.208. The normalized spacial score (nSPS) is 26.7. The number of hydrogen-bond donors (Lipinski definition) is 0. The summed E-state index contributed by atoms with van der Waals surface area (Å²) >= 11 is 0. The fraction of sp³-hybridized carbons (Fsp3) is 0.233. The molecule has 2 aromatic heterocycles. The molecule has 0 radical (unpaired) electrons. The Morgan fingerprint density at radius 3 is 2.62 bits per heavy atom. The van der Waals surface area contributed by atoms with Crippen molar-refractivity contribution in [3.63, 3.8) is 0 Å². The molecule has 0 saturated carbocycles. The number of likely N-dealkylation sites (tertiary alicyclic amines) is 1. The van der Waals surface area contributed by atoms with Crippen LogP contribution in [0.2, 0.25) is 0 Å². The van der Waals surface area contributed by atoms with Crippen LogP contribution in [0.25, 0.3) is 28.5 Å². The maximum atomic E-state index is 5.56. The summed E-state index contributed by atoms with van der Waals surface area (Å²) in [6, 6.07) is 34.8. The Labute approximate surface area is 387 Å². The van der Waals surface area contributed by atoms with E-state index in [9.17, 15) is 0 Å². The van der Waals surface area contributed by atoms with Gasteiger partial charge in [-0.05, 0) is 121 Å². The van der Waals surface area contributed by atoms with Crippen LogP contribution in [-0.4, -0.2) is 37.2 Å². The van der Waals surface area contributed by atoms with E-state index in [1.54, 1.807) is 0 Å². The van der Waals surface area contributed by atoms with E-state index in [1.807, 2.05) is 6.07 Å².